The van der Waals surface area contributed by atoms with Crippen molar-refractivity contribution in [2.75, 3.05) is 55.7 Å². The van der Waals surface area contributed by atoms with Crippen LogP contribution in [0.3, 0.4) is 0 Å². The Morgan fingerprint density at radius 1 is 1.00 bits per heavy atom. The maximum atomic E-state index is 13.1. The number of benzene rings is 1. The first-order valence-corrected chi connectivity index (χ1v) is 11.9. The van der Waals surface area contributed by atoms with Crippen LogP contribution in [0.25, 0.3) is 0 Å². The van der Waals surface area contributed by atoms with Gasteiger partial charge in [0.2, 0.25) is 10.0 Å². The SMILES string of the molecule is CCOc1ccc(S(=O)(=O)N2CCN(c3ccc(N(CC)CC)nn3)CC2)cc1C. The zero-order chi connectivity index (χ0) is 21.7. The van der Waals surface area contributed by atoms with E-state index in [0.29, 0.717) is 43.4 Å². The zero-order valence-corrected chi connectivity index (χ0v) is 19.0. The number of hydrogen-bond acceptors (Lipinski definition) is 7. The lowest BCUT2D eigenvalue weighted by Gasteiger charge is -2.34. The van der Waals surface area contributed by atoms with Gasteiger partial charge in [-0.1, -0.05) is 0 Å². The van der Waals surface area contributed by atoms with Crippen molar-refractivity contribution in [3.8, 4) is 5.75 Å². The molecule has 2 aromatic rings. The summed E-state index contributed by atoms with van der Waals surface area (Å²) < 4.78 is 33.2. The summed E-state index contributed by atoms with van der Waals surface area (Å²) in [6, 6.07) is 8.97. The van der Waals surface area contributed by atoms with Crippen molar-refractivity contribution in [1.82, 2.24) is 14.5 Å². The van der Waals surface area contributed by atoms with Crippen molar-refractivity contribution in [3.05, 3.63) is 35.9 Å². The van der Waals surface area contributed by atoms with Gasteiger partial charge in [0.1, 0.15) is 5.75 Å². The molecule has 8 nitrogen and oxygen atoms in total. The number of aryl methyl sites for hydroxylation is 1. The molecule has 0 radical (unpaired) electrons. The van der Waals surface area contributed by atoms with Crippen LogP contribution in [-0.2, 0) is 10.0 Å². The van der Waals surface area contributed by atoms with Crippen molar-refractivity contribution >= 4 is 21.7 Å². The zero-order valence-electron chi connectivity index (χ0n) is 18.2. The lowest BCUT2D eigenvalue weighted by molar-refractivity contribution is 0.337. The second-order valence-corrected chi connectivity index (χ2v) is 9.11. The highest BCUT2D eigenvalue weighted by molar-refractivity contribution is 7.89. The highest BCUT2D eigenvalue weighted by Gasteiger charge is 2.29. The van der Waals surface area contributed by atoms with Gasteiger partial charge in [-0.05, 0) is 63.6 Å². The van der Waals surface area contributed by atoms with Gasteiger partial charge in [0.25, 0.3) is 0 Å². The maximum Gasteiger partial charge on any atom is 0.243 e. The Kier molecular flexibility index (Phi) is 7.14. The lowest BCUT2D eigenvalue weighted by Crippen LogP contribution is -2.49. The van der Waals surface area contributed by atoms with E-state index in [9.17, 15) is 8.42 Å². The third-order valence-corrected chi connectivity index (χ3v) is 7.27. The minimum absolute atomic E-state index is 0.306. The molecule has 0 saturated carbocycles. The van der Waals surface area contributed by atoms with E-state index in [0.717, 1.165) is 30.3 Å². The molecule has 1 aliphatic rings. The van der Waals surface area contributed by atoms with Gasteiger partial charge in [-0.25, -0.2) is 8.42 Å². The predicted octanol–water partition coefficient (Wildman–Crippen LogP) is 2.54. The second kappa shape index (κ2) is 9.61. The summed E-state index contributed by atoms with van der Waals surface area (Å²) in [6.45, 7) is 12.2. The van der Waals surface area contributed by atoms with Crippen molar-refractivity contribution in [1.29, 1.82) is 0 Å². The van der Waals surface area contributed by atoms with Crippen LogP contribution in [-0.4, -0.2) is 68.8 Å². The lowest BCUT2D eigenvalue weighted by atomic mass is 10.2. The average Bonchev–Trinajstić information content (AvgIpc) is 2.76. The van der Waals surface area contributed by atoms with Crippen molar-refractivity contribution in [2.24, 2.45) is 0 Å². The molecule has 1 fully saturated rings. The van der Waals surface area contributed by atoms with Crippen molar-refractivity contribution < 1.29 is 13.2 Å². The quantitative estimate of drug-likeness (QED) is 0.633. The molecule has 1 aliphatic heterocycles. The topological polar surface area (TPSA) is 78.9 Å². The third-order valence-electron chi connectivity index (χ3n) is 5.37. The Hall–Kier alpha value is -2.39. The van der Waals surface area contributed by atoms with Crippen LogP contribution in [0.2, 0.25) is 0 Å². The maximum absolute atomic E-state index is 13.1. The second-order valence-electron chi connectivity index (χ2n) is 7.17. The highest BCUT2D eigenvalue weighted by atomic mass is 32.2. The van der Waals surface area contributed by atoms with Gasteiger partial charge in [-0.15, -0.1) is 10.2 Å². The van der Waals surface area contributed by atoms with Crippen LogP contribution in [0.15, 0.2) is 35.2 Å². The molecule has 30 heavy (non-hydrogen) atoms. The van der Waals surface area contributed by atoms with E-state index in [1.807, 2.05) is 26.0 Å². The minimum atomic E-state index is -3.54. The summed E-state index contributed by atoms with van der Waals surface area (Å²) in [5.41, 5.74) is 0.820. The van der Waals surface area contributed by atoms with Crippen LogP contribution < -0.4 is 14.5 Å². The number of hydrogen-bond donors (Lipinski definition) is 0. The fraction of sp³-hybridized carbons (Fsp3) is 0.524. The number of sulfonamides is 1. The van der Waals surface area contributed by atoms with E-state index in [1.54, 1.807) is 18.2 Å². The van der Waals surface area contributed by atoms with Gasteiger partial charge in [0, 0.05) is 39.3 Å². The molecule has 0 spiro atoms. The van der Waals surface area contributed by atoms with Gasteiger partial charge >= 0.3 is 0 Å². The van der Waals surface area contributed by atoms with E-state index in [4.69, 9.17) is 4.74 Å². The van der Waals surface area contributed by atoms with Gasteiger partial charge in [0.05, 0.1) is 11.5 Å². The van der Waals surface area contributed by atoms with E-state index in [1.165, 1.54) is 4.31 Å². The summed E-state index contributed by atoms with van der Waals surface area (Å²) in [4.78, 5) is 4.52. The molecule has 0 bridgehead atoms. The molecule has 0 unspecified atom stereocenters. The molecular formula is C21H31N5O3S. The van der Waals surface area contributed by atoms with Crippen LogP contribution in [0.4, 0.5) is 11.6 Å². The molecule has 0 N–H and O–H groups in total. The predicted molar refractivity (Wildman–Crippen MR) is 119 cm³/mol. The van der Waals surface area contributed by atoms with E-state index >= 15 is 0 Å². The fourth-order valence-corrected chi connectivity index (χ4v) is 5.12. The first-order chi connectivity index (χ1) is 14.4. The number of anilines is 2. The van der Waals surface area contributed by atoms with Crippen LogP contribution in [0, 0.1) is 6.92 Å². The molecule has 1 aromatic heterocycles. The molecule has 1 saturated heterocycles. The fourth-order valence-electron chi connectivity index (χ4n) is 3.61. The monoisotopic (exact) mass is 433 g/mol. The Morgan fingerprint density at radius 3 is 2.23 bits per heavy atom. The minimum Gasteiger partial charge on any atom is -0.494 e. The highest BCUT2D eigenvalue weighted by Crippen LogP contribution is 2.25. The van der Waals surface area contributed by atoms with Crippen LogP contribution >= 0.6 is 0 Å². The smallest absolute Gasteiger partial charge is 0.243 e. The number of rotatable bonds is 8. The molecule has 0 amide bonds. The van der Waals surface area contributed by atoms with Gasteiger partial charge in [-0.3, -0.25) is 0 Å². The molecule has 164 valence electrons. The number of nitrogens with zero attached hydrogens (tertiary/aromatic N) is 5. The summed E-state index contributed by atoms with van der Waals surface area (Å²) >= 11 is 0. The molecule has 2 heterocycles. The number of piperazine rings is 1. The average molecular weight is 434 g/mol. The van der Waals surface area contributed by atoms with Crippen LogP contribution in [0.1, 0.15) is 26.3 Å². The van der Waals surface area contributed by atoms with E-state index in [-0.39, 0.29) is 0 Å². The molecule has 0 aliphatic carbocycles. The first-order valence-electron chi connectivity index (χ1n) is 10.5. The van der Waals surface area contributed by atoms with Crippen molar-refractivity contribution in [2.45, 2.75) is 32.6 Å². The summed E-state index contributed by atoms with van der Waals surface area (Å²) in [5.74, 6) is 2.35. The van der Waals surface area contributed by atoms with E-state index in [2.05, 4.69) is 33.8 Å². The molecule has 9 heteroatoms. The first kappa shape index (κ1) is 22.3. The van der Waals surface area contributed by atoms with E-state index < -0.39 is 10.0 Å². The largest absolute Gasteiger partial charge is 0.494 e. The molecule has 1 aromatic carbocycles. The Morgan fingerprint density at radius 2 is 1.70 bits per heavy atom. The Labute approximate surface area is 179 Å². The standard InChI is InChI=1S/C21H31N5O3S/c1-5-24(6-2)20-10-11-21(23-22-20)25-12-14-26(15-13-25)30(27,28)18-8-9-19(29-7-3)17(4)16-18/h8-11,16H,5-7,12-15H2,1-4H3. The summed E-state index contributed by atoms with van der Waals surface area (Å²) in [6.07, 6.45) is 0. The number of aromatic nitrogens is 2. The Balaban J connectivity index is 1.66. The van der Waals surface area contributed by atoms with Gasteiger partial charge < -0.3 is 14.5 Å². The number of ether oxygens (including phenoxy) is 1. The third kappa shape index (κ3) is 4.67. The molecule has 3 rings (SSSR count). The van der Waals surface area contributed by atoms with Crippen molar-refractivity contribution in [3.63, 3.8) is 0 Å². The van der Waals surface area contributed by atoms with Gasteiger partial charge in [0.15, 0.2) is 11.6 Å². The molecular weight excluding hydrogens is 402 g/mol. The Bertz CT molecular complexity index is 938. The van der Waals surface area contributed by atoms with Gasteiger partial charge in [-0.2, -0.15) is 4.31 Å². The normalized spacial score (nSPS) is 15.3. The molecule has 0 atom stereocenters. The summed E-state index contributed by atoms with van der Waals surface area (Å²) in [5, 5.41) is 8.69. The van der Waals surface area contributed by atoms with Crippen LogP contribution in [0.5, 0.6) is 5.75 Å². The summed E-state index contributed by atoms with van der Waals surface area (Å²) in [7, 11) is -3.54.